The summed E-state index contributed by atoms with van der Waals surface area (Å²) in [6, 6.07) is 0. The minimum absolute atomic E-state index is 0.384. The van der Waals surface area contributed by atoms with Crippen LogP contribution in [0.5, 0.6) is 0 Å². The molecule has 1 aromatic heterocycles. The van der Waals surface area contributed by atoms with Crippen LogP contribution in [0.4, 0.5) is 13.2 Å². The summed E-state index contributed by atoms with van der Waals surface area (Å²) in [7, 11) is 0. The Hall–Kier alpha value is -1.64. The second-order valence-corrected chi connectivity index (χ2v) is 2.56. The van der Waals surface area contributed by atoms with Crippen molar-refractivity contribution in [3.8, 4) is 12.3 Å². The second-order valence-electron chi connectivity index (χ2n) is 2.56. The van der Waals surface area contributed by atoms with Crippen LogP contribution in [0.1, 0.15) is 11.5 Å². The highest BCUT2D eigenvalue weighted by molar-refractivity contribution is 5.13. The lowest BCUT2D eigenvalue weighted by Crippen LogP contribution is -2.21. The summed E-state index contributed by atoms with van der Waals surface area (Å²) in [5, 5.41) is 0. The Bertz CT molecular complexity index is 433. The maximum atomic E-state index is 12.4. The Balaban J connectivity index is 3.42. The molecule has 1 aromatic rings. The van der Waals surface area contributed by atoms with Crippen LogP contribution in [0.25, 0.3) is 0 Å². The van der Waals surface area contributed by atoms with Gasteiger partial charge in [0.15, 0.2) is 5.69 Å². The molecule has 0 aliphatic rings. The number of hydrogen-bond acceptors (Lipinski definition) is 2. The maximum absolute atomic E-state index is 12.4. The maximum Gasteiger partial charge on any atom is 0.435 e. The van der Waals surface area contributed by atoms with Crippen LogP contribution in [-0.4, -0.2) is 4.57 Å². The molecule has 0 bridgehead atoms. The third-order valence-electron chi connectivity index (χ3n) is 1.58. The summed E-state index contributed by atoms with van der Waals surface area (Å²) in [6.07, 6.45) is 0.200. The van der Waals surface area contributed by atoms with Crippen molar-refractivity contribution in [3.63, 3.8) is 0 Å². The summed E-state index contributed by atoms with van der Waals surface area (Å²) < 4.78 is 41.8. The molecule has 0 atom stereocenters. The third kappa shape index (κ3) is 1.66. The number of halogens is 3. The monoisotopic (exact) mass is 205 g/mol. The molecule has 0 aliphatic carbocycles. The zero-order valence-electron chi connectivity index (χ0n) is 7.18. The van der Waals surface area contributed by atoms with E-state index in [0.717, 1.165) is 6.92 Å². The summed E-state index contributed by atoms with van der Waals surface area (Å²) in [5.74, 6) is 0.389. The van der Waals surface area contributed by atoms with E-state index >= 15 is 0 Å². The first-order chi connectivity index (χ1) is 6.38. The number of hydrogen-bond donors (Lipinski definition) is 0. The van der Waals surface area contributed by atoms with Crippen LogP contribution in [0.15, 0.2) is 9.21 Å². The Morgan fingerprint density at radius 3 is 2.57 bits per heavy atom. The van der Waals surface area contributed by atoms with Crippen LogP contribution in [-0.2, 0) is 12.7 Å². The molecular weight excluding hydrogens is 199 g/mol. The van der Waals surface area contributed by atoms with Gasteiger partial charge in [0.2, 0.25) is 0 Å². The summed E-state index contributed by atoms with van der Waals surface area (Å²) >= 11 is 0. The van der Waals surface area contributed by atoms with E-state index in [2.05, 4.69) is 4.42 Å². The van der Waals surface area contributed by atoms with E-state index in [0.29, 0.717) is 4.57 Å². The normalized spacial score (nSPS) is 11.4. The first-order valence-corrected chi connectivity index (χ1v) is 3.58. The van der Waals surface area contributed by atoms with Crippen molar-refractivity contribution in [2.75, 3.05) is 0 Å². The molecule has 0 radical (unpaired) electrons. The summed E-state index contributed by atoms with van der Waals surface area (Å²) in [4.78, 5) is 10.9. The number of aryl methyl sites for hydroxylation is 1. The van der Waals surface area contributed by atoms with E-state index < -0.39 is 29.9 Å². The molecule has 14 heavy (non-hydrogen) atoms. The van der Waals surface area contributed by atoms with Crippen molar-refractivity contribution in [2.24, 2.45) is 0 Å². The average molecular weight is 205 g/mol. The molecule has 1 heterocycles. The first-order valence-electron chi connectivity index (χ1n) is 3.58. The second kappa shape index (κ2) is 3.25. The van der Waals surface area contributed by atoms with E-state index in [1.807, 2.05) is 5.92 Å². The molecule has 76 valence electrons. The minimum Gasteiger partial charge on any atom is -0.413 e. The summed E-state index contributed by atoms with van der Waals surface area (Å²) in [6.45, 7) is 0.613. The lowest BCUT2D eigenvalue weighted by Gasteiger charge is -2.07. The van der Waals surface area contributed by atoms with Gasteiger partial charge in [0.25, 0.3) is 0 Å². The smallest absolute Gasteiger partial charge is 0.413 e. The highest BCUT2D eigenvalue weighted by atomic mass is 19.4. The van der Waals surface area contributed by atoms with Crippen molar-refractivity contribution >= 4 is 0 Å². The molecule has 3 nitrogen and oxygen atoms in total. The lowest BCUT2D eigenvalue weighted by molar-refractivity contribution is -0.144. The van der Waals surface area contributed by atoms with Gasteiger partial charge in [-0.2, -0.15) is 13.2 Å². The van der Waals surface area contributed by atoms with Crippen LogP contribution >= 0.6 is 0 Å². The number of alkyl halides is 3. The molecule has 0 N–H and O–H groups in total. The van der Waals surface area contributed by atoms with Gasteiger partial charge in [0, 0.05) is 0 Å². The zero-order valence-corrected chi connectivity index (χ0v) is 7.18. The van der Waals surface area contributed by atoms with Crippen LogP contribution in [0.2, 0.25) is 0 Å². The number of nitrogens with zero attached hydrogens (tertiary/aromatic N) is 1. The van der Waals surface area contributed by atoms with Gasteiger partial charge >= 0.3 is 11.9 Å². The molecule has 0 amide bonds. The number of terminal acetylenes is 1. The standard InChI is InChI=1S/C8H6F3NO2/c1-3-4-12-6(8(9,10)11)5(2)14-7(12)13/h1H,4H2,2H3. The van der Waals surface area contributed by atoms with Gasteiger partial charge in [-0.25, -0.2) is 4.79 Å². The Morgan fingerprint density at radius 2 is 2.14 bits per heavy atom. The summed E-state index contributed by atoms with van der Waals surface area (Å²) in [5.41, 5.74) is -1.12. The molecule has 0 saturated carbocycles. The largest absolute Gasteiger partial charge is 0.435 e. The fourth-order valence-electron chi connectivity index (χ4n) is 1.10. The third-order valence-corrected chi connectivity index (χ3v) is 1.58. The first kappa shape index (κ1) is 10.4. The van der Waals surface area contributed by atoms with Crippen molar-refractivity contribution in [1.29, 1.82) is 0 Å². The van der Waals surface area contributed by atoms with Gasteiger partial charge in [-0.05, 0) is 6.92 Å². The van der Waals surface area contributed by atoms with Crippen LogP contribution in [0.3, 0.4) is 0 Å². The molecule has 0 fully saturated rings. The number of aromatic nitrogens is 1. The fourth-order valence-corrected chi connectivity index (χ4v) is 1.10. The SMILES string of the molecule is C#CCn1c(C(F)(F)F)c(C)oc1=O. The number of oxazole rings is 1. The van der Waals surface area contributed by atoms with E-state index in [1.54, 1.807) is 0 Å². The molecule has 0 saturated heterocycles. The van der Waals surface area contributed by atoms with Gasteiger partial charge in [-0.1, -0.05) is 5.92 Å². The van der Waals surface area contributed by atoms with Gasteiger partial charge in [-0.15, -0.1) is 6.42 Å². The van der Waals surface area contributed by atoms with Crippen LogP contribution in [0, 0.1) is 19.3 Å². The average Bonchev–Trinajstić information content (AvgIpc) is 2.26. The molecule has 6 heteroatoms. The fraction of sp³-hybridized carbons (Fsp3) is 0.375. The highest BCUT2D eigenvalue weighted by Crippen LogP contribution is 2.30. The molecule has 0 spiro atoms. The number of rotatable bonds is 1. The van der Waals surface area contributed by atoms with E-state index in [-0.39, 0.29) is 0 Å². The van der Waals surface area contributed by atoms with Crippen molar-refractivity contribution in [2.45, 2.75) is 19.6 Å². The predicted molar refractivity (Wildman–Crippen MR) is 41.5 cm³/mol. The topological polar surface area (TPSA) is 35.1 Å². The minimum atomic E-state index is -4.63. The molecular formula is C8H6F3NO2. The van der Waals surface area contributed by atoms with Crippen LogP contribution < -0.4 is 5.76 Å². The van der Waals surface area contributed by atoms with E-state index in [9.17, 15) is 18.0 Å². The van der Waals surface area contributed by atoms with Crippen molar-refractivity contribution < 1.29 is 17.6 Å². The van der Waals surface area contributed by atoms with E-state index in [4.69, 9.17) is 6.42 Å². The molecule has 1 rings (SSSR count). The molecule has 0 unspecified atom stereocenters. The van der Waals surface area contributed by atoms with Gasteiger partial charge in [0.05, 0.1) is 6.54 Å². The van der Waals surface area contributed by atoms with E-state index in [1.165, 1.54) is 0 Å². The van der Waals surface area contributed by atoms with Crippen molar-refractivity contribution in [1.82, 2.24) is 4.57 Å². The lowest BCUT2D eigenvalue weighted by atomic mass is 10.3. The highest BCUT2D eigenvalue weighted by Gasteiger charge is 2.38. The molecule has 0 aliphatic heterocycles. The quantitative estimate of drug-likeness (QED) is 0.649. The van der Waals surface area contributed by atoms with Crippen molar-refractivity contribution in [3.05, 3.63) is 22.0 Å². The van der Waals surface area contributed by atoms with Gasteiger partial charge < -0.3 is 4.42 Å². The van der Waals surface area contributed by atoms with Gasteiger partial charge in [-0.3, -0.25) is 4.57 Å². The van der Waals surface area contributed by atoms with Gasteiger partial charge in [0.1, 0.15) is 5.76 Å². The Kier molecular flexibility index (Phi) is 2.43. The molecule has 0 aromatic carbocycles. The predicted octanol–water partition coefficient (Wildman–Crippen LogP) is 1.40. The zero-order chi connectivity index (χ0) is 10.9. The Labute approximate surface area is 77.1 Å². The Morgan fingerprint density at radius 1 is 1.57 bits per heavy atom.